The van der Waals surface area contributed by atoms with Gasteiger partial charge < -0.3 is 10.2 Å². The third kappa shape index (κ3) is 3.83. The number of nitrogens with zero attached hydrogens (tertiary/aromatic N) is 1. The van der Waals surface area contributed by atoms with Gasteiger partial charge in [0.25, 0.3) is 5.22 Å². The topological polar surface area (TPSA) is 52.0 Å². The van der Waals surface area contributed by atoms with Crippen LogP contribution in [-0.4, -0.2) is 17.3 Å². The number of hydrogen-bond donors (Lipinski definition) is 1. The highest BCUT2D eigenvalue weighted by atomic mass is 32.2. The molecule has 3 nitrogen and oxygen atoms in total. The van der Waals surface area contributed by atoms with E-state index in [0.717, 1.165) is 23.9 Å². The lowest BCUT2D eigenvalue weighted by Crippen LogP contribution is -2.23. The molecule has 2 N–H and O–H groups in total. The minimum Gasteiger partial charge on any atom is -0.440 e. The van der Waals surface area contributed by atoms with Crippen molar-refractivity contribution in [2.45, 2.75) is 25.5 Å². The Morgan fingerprint density at radius 1 is 1.62 bits per heavy atom. The highest BCUT2D eigenvalue weighted by Crippen LogP contribution is 2.24. The minimum atomic E-state index is 0.222. The van der Waals surface area contributed by atoms with E-state index in [-0.39, 0.29) is 5.41 Å². The summed E-state index contributed by atoms with van der Waals surface area (Å²) < 4.78 is 5.10. The average molecular weight is 200 g/mol. The molecule has 4 heteroatoms. The van der Waals surface area contributed by atoms with Gasteiger partial charge in [-0.1, -0.05) is 25.6 Å². The first-order chi connectivity index (χ1) is 6.14. The van der Waals surface area contributed by atoms with E-state index in [1.54, 1.807) is 24.2 Å². The Morgan fingerprint density at radius 2 is 2.38 bits per heavy atom. The van der Waals surface area contributed by atoms with E-state index in [0.29, 0.717) is 0 Å². The fourth-order valence-corrected chi connectivity index (χ4v) is 1.89. The minimum absolute atomic E-state index is 0.222. The third-order valence-corrected chi connectivity index (χ3v) is 2.82. The molecule has 0 saturated carbocycles. The SMILES string of the molecule is CC(C)(CN)CCSc1ncco1. The number of rotatable bonds is 5. The molecular formula is C9H16N2OS. The van der Waals surface area contributed by atoms with Crippen LogP contribution in [-0.2, 0) is 0 Å². The van der Waals surface area contributed by atoms with Crippen LogP contribution in [0.2, 0.25) is 0 Å². The molecule has 0 aliphatic heterocycles. The van der Waals surface area contributed by atoms with Crippen molar-refractivity contribution in [1.82, 2.24) is 4.98 Å². The van der Waals surface area contributed by atoms with Crippen LogP contribution in [0.5, 0.6) is 0 Å². The zero-order valence-corrected chi connectivity index (χ0v) is 8.93. The van der Waals surface area contributed by atoms with Crippen LogP contribution in [0.4, 0.5) is 0 Å². The van der Waals surface area contributed by atoms with Crippen molar-refractivity contribution in [3.05, 3.63) is 12.5 Å². The molecule has 1 aromatic rings. The summed E-state index contributed by atoms with van der Waals surface area (Å²) in [6.07, 6.45) is 4.34. The van der Waals surface area contributed by atoms with Crippen LogP contribution in [0.15, 0.2) is 22.1 Å². The molecule has 74 valence electrons. The lowest BCUT2D eigenvalue weighted by molar-refractivity contribution is 0.367. The third-order valence-electron chi connectivity index (χ3n) is 1.97. The molecule has 0 atom stereocenters. The van der Waals surface area contributed by atoms with E-state index in [1.807, 2.05) is 0 Å². The zero-order chi connectivity index (χ0) is 9.73. The fourth-order valence-electron chi connectivity index (χ4n) is 0.798. The molecule has 0 aliphatic rings. The first-order valence-electron chi connectivity index (χ1n) is 4.36. The molecular weight excluding hydrogens is 184 g/mol. The molecule has 0 amide bonds. The van der Waals surface area contributed by atoms with Gasteiger partial charge in [0.1, 0.15) is 6.26 Å². The van der Waals surface area contributed by atoms with Gasteiger partial charge in [-0.15, -0.1) is 0 Å². The summed E-state index contributed by atoms with van der Waals surface area (Å²) in [4.78, 5) is 4.03. The standard InChI is InChI=1S/C9H16N2OS/c1-9(2,7-10)3-6-13-8-11-4-5-12-8/h4-5H,3,6-7,10H2,1-2H3. The number of oxazole rings is 1. The van der Waals surface area contributed by atoms with E-state index in [1.165, 1.54) is 0 Å². The summed E-state index contributed by atoms with van der Waals surface area (Å²) in [5, 5.41) is 0.743. The summed E-state index contributed by atoms with van der Waals surface area (Å²) in [6, 6.07) is 0. The molecule has 0 saturated heterocycles. The molecule has 1 rings (SSSR count). The molecule has 0 unspecified atom stereocenters. The summed E-state index contributed by atoms with van der Waals surface area (Å²) in [5.41, 5.74) is 5.84. The Morgan fingerprint density at radius 3 is 2.92 bits per heavy atom. The van der Waals surface area contributed by atoms with Crippen molar-refractivity contribution in [1.29, 1.82) is 0 Å². The number of nitrogens with two attached hydrogens (primary N) is 1. The maximum absolute atomic E-state index is 5.62. The van der Waals surface area contributed by atoms with Crippen molar-refractivity contribution in [3.8, 4) is 0 Å². The van der Waals surface area contributed by atoms with Gasteiger partial charge in [-0.3, -0.25) is 0 Å². The molecule has 0 radical (unpaired) electrons. The van der Waals surface area contributed by atoms with Gasteiger partial charge in [-0.25, -0.2) is 4.98 Å². The highest BCUT2D eigenvalue weighted by molar-refractivity contribution is 7.99. The molecule has 0 bridgehead atoms. The van der Waals surface area contributed by atoms with Gasteiger partial charge in [0.15, 0.2) is 0 Å². The average Bonchev–Trinajstić information content (AvgIpc) is 2.57. The van der Waals surface area contributed by atoms with E-state index >= 15 is 0 Å². The van der Waals surface area contributed by atoms with Gasteiger partial charge in [-0.05, 0) is 18.4 Å². The predicted octanol–water partition coefficient (Wildman–Crippen LogP) is 2.14. The van der Waals surface area contributed by atoms with Crippen molar-refractivity contribution < 1.29 is 4.42 Å². The highest BCUT2D eigenvalue weighted by Gasteiger charge is 2.15. The Hall–Kier alpha value is -0.480. The normalized spacial score (nSPS) is 11.9. The smallest absolute Gasteiger partial charge is 0.255 e. The number of thioether (sulfide) groups is 1. The summed E-state index contributed by atoms with van der Waals surface area (Å²) in [7, 11) is 0. The number of aromatic nitrogens is 1. The maximum atomic E-state index is 5.62. The lowest BCUT2D eigenvalue weighted by Gasteiger charge is -2.21. The quantitative estimate of drug-likeness (QED) is 0.740. The van der Waals surface area contributed by atoms with Gasteiger partial charge in [0.05, 0.1) is 6.20 Å². The van der Waals surface area contributed by atoms with Gasteiger partial charge >= 0.3 is 0 Å². The van der Waals surface area contributed by atoms with E-state index in [4.69, 9.17) is 10.2 Å². The molecule has 13 heavy (non-hydrogen) atoms. The Kier molecular flexibility index (Phi) is 3.81. The Bertz CT molecular complexity index is 234. The van der Waals surface area contributed by atoms with Crippen LogP contribution in [0, 0.1) is 5.41 Å². The molecule has 0 aliphatic carbocycles. The lowest BCUT2D eigenvalue weighted by atomic mass is 9.91. The summed E-state index contributed by atoms with van der Waals surface area (Å²) >= 11 is 1.64. The molecule has 0 fully saturated rings. The van der Waals surface area contributed by atoms with Crippen LogP contribution in [0.3, 0.4) is 0 Å². The molecule has 1 heterocycles. The molecule has 1 aromatic heterocycles. The second-order valence-corrected chi connectivity index (χ2v) is 4.81. The second-order valence-electron chi connectivity index (χ2n) is 3.76. The van der Waals surface area contributed by atoms with Gasteiger partial charge in [0, 0.05) is 5.75 Å². The molecule has 0 aromatic carbocycles. The zero-order valence-electron chi connectivity index (χ0n) is 8.12. The van der Waals surface area contributed by atoms with Crippen LogP contribution < -0.4 is 5.73 Å². The van der Waals surface area contributed by atoms with Crippen molar-refractivity contribution in [2.24, 2.45) is 11.1 Å². The van der Waals surface area contributed by atoms with Crippen molar-refractivity contribution in [3.63, 3.8) is 0 Å². The van der Waals surface area contributed by atoms with E-state index < -0.39 is 0 Å². The fraction of sp³-hybridized carbons (Fsp3) is 0.667. The summed E-state index contributed by atoms with van der Waals surface area (Å²) in [5.74, 6) is 1.00. The largest absolute Gasteiger partial charge is 0.440 e. The first-order valence-corrected chi connectivity index (χ1v) is 5.35. The van der Waals surface area contributed by atoms with Crippen LogP contribution in [0.1, 0.15) is 20.3 Å². The van der Waals surface area contributed by atoms with Gasteiger partial charge in [-0.2, -0.15) is 0 Å². The maximum Gasteiger partial charge on any atom is 0.255 e. The van der Waals surface area contributed by atoms with E-state index in [9.17, 15) is 0 Å². The molecule has 0 spiro atoms. The summed E-state index contributed by atoms with van der Waals surface area (Å²) in [6.45, 7) is 5.06. The monoisotopic (exact) mass is 200 g/mol. The van der Waals surface area contributed by atoms with Crippen molar-refractivity contribution >= 4 is 11.8 Å². The van der Waals surface area contributed by atoms with E-state index in [2.05, 4.69) is 18.8 Å². The predicted molar refractivity (Wildman–Crippen MR) is 54.7 cm³/mol. The van der Waals surface area contributed by atoms with Crippen LogP contribution >= 0.6 is 11.8 Å². The number of hydrogen-bond acceptors (Lipinski definition) is 4. The van der Waals surface area contributed by atoms with Crippen LogP contribution in [0.25, 0.3) is 0 Å². The van der Waals surface area contributed by atoms with Crippen molar-refractivity contribution in [2.75, 3.05) is 12.3 Å². The Labute approximate surface area is 83.1 Å². The second kappa shape index (κ2) is 4.67. The Balaban J connectivity index is 2.21. The van der Waals surface area contributed by atoms with Gasteiger partial charge in [0.2, 0.25) is 0 Å². The first kappa shape index (κ1) is 10.6.